The van der Waals surface area contributed by atoms with Crippen LogP contribution in [0, 0.1) is 6.92 Å². The van der Waals surface area contributed by atoms with E-state index in [1.54, 1.807) is 0 Å². The van der Waals surface area contributed by atoms with E-state index in [1.165, 1.54) is 11.3 Å². The van der Waals surface area contributed by atoms with Crippen LogP contribution >= 0.6 is 0 Å². The molecule has 136 valence electrons. The zero-order valence-electron chi connectivity index (χ0n) is 15.2. The second-order valence-electron chi connectivity index (χ2n) is 6.93. The van der Waals surface area contributed by atoms with Crippen LogP contribution in [0.2, 0.25) is 0 Å². The Hall–Kier alpha value is -2.99. The lowest BCUT2D eigenvalue weighted by Crippen LogP contribution is -2.31. The third-order valence-electron chi connectivity index (χ3n) is 4.99. The maximum Gasteiger partial charge on any atom is 0.231 e. The molecule has 0 amide bonds. The lowest BCUT2D eigenvalue weighted by atomic mass is 10.1. The first-order valence-corrected chi connectivity index (χ1v) is 9.14. The Morgan fingerprint density at radius 2 is 2.00 bits per heavy atom. The number of benzene rings is 1. The van der Waals surface area contributed by atoms with Crippen LogP contribution in [-0.4, -0.2) is 33.2 Å². The molecule has 0 N–H and O–H groups in total. The van der Waals surface area contributed by atoms with Crippen molar-refractivity contribution in [2.24, 2.45) is 0 Å². The van der Waals surface area contributed by atoms with Crippen molar-refractivity contribution in [2.75, 3.05) is 13.3 Å². The standard InChI is InChI=1S/C21H20N4O2/c1-14-22-10-16-11-25(8-7-19(16)23-14)12-17-3-2-4-18(24-17)15-5-6-20-21(9-15)27-13-26-20/h2-6,9-10H,7-8,11-13H2,1H3. The third-order valence-corrected chi connectivity index (χ3v) is 4.99. The predicted molar refractivity (Wildman–Crippen MR) is 100 cm³/mol. The number of pyridine rings is 1. The summed E-state index contributed by atoms with van der Waals surface area (Å²) in [5, 5.41) is 0. The van der Waals surface area contributed by atoms with Gasteiger partial charge in [-0.05, 0) is 37.3 Å². The van der Waals surface area contributed by atoms with E-state index in [0.29, 0.717) is 0 Å². The Kier molecular flexibility index (Phi) is 3.98. The number of hydrogen-bond donors (Lipinski definition) is 0. The number of aromatic nitrogens is 3. The van der Waals surface area contributed by atoms with Crippen molar-refractivity contribution in [3.63, 3.8) is 0 Å². The van der Waals surface area contributed by atoms with Crippen LogP contribution in [0.3, 0.4) is 0 Å². The van der Waals surface area contributed by atoms with Crippen molar-refractivity contribution >= 4 is 0 Å². The van der Waals surface area contributed by atoms with E-state index in [9.17, 15) is 0 Å². The van der Waals surface area contributed by atoms with E-state index < -0.39 is 0 Å². The van der Waals surface area contributed by atoms with Crippen molar-refractivity contribution in [2.45, 2.75) is 26.4 Å². The summed E-state index contributed by atoms with van der Waals surface area (Å²) in [5.41, 5.74) is 5.44. The number of fused-ring (bicyclic) bond motifs is 2. The molecular weight excluding hydrogens is 340 g/mol. The Morgan fingerprint density at radius 3 is 2.96 bits per heavy atom. The van der Waals surface area contributed by atoms with Crippen molar-refractivity contribution in [1.82, 2.24) is 19.9 Å². The predicted octanol–water partition coefficient (Wildman–Crippen LogP) is 3.13. The average Bonchev–Trinajstić information content (AvgIpc) is 3.16. The fourth-order valence-corrected chi connectivity index (χ4v) is 3.62. The van der Waals surface area contributed by atoms with Crippen LogP contribution in [0.1, 0.15) is 22.8 Å². The molecular formula is C21H20N4O2. The minimum Gasteiger partial charge on any atom is -0.454 e. The van der Waals surface area contributed by atoms with Gasteiger partial charge in [0.2, 0.25) is 6.79 Å². The molecule has 0 aliphatic carbocycles. The lowest BCUT2D eigenvalue weighted by molar-refractivity contribution is 0.174. The van der Waals surface area contributed by atoms with E-state index >= 15 is 0 Å². The first-order valence-electron chi connectivity index (χ1n) is 9.14. The van der Waals surface area contributed by atoms with Crippen LogP contribution in [0.4, 0.5) is 0 Å². The molecule has 0 fully saturated rings. The zero-order chi connectivity index (χ0) is 18.2. The highest BCUT2D eigenvalue weighted by Crippen LogP contribution is 2.35. The summed E-state index contributed by atoms with van der Waals surface area (Å²) in [4.78, 5) is 16.2. The van der Waals surface area contributed by atoms with Gasteiger partial charge in [0.05, 0.1) is 11.4 Å². The monoisotopic (exact) mass is 360 g/mol. The summed E-state index contributed by atoms with van der Waals surface area (Å²) < 4.78 is 10.9. The van der Waals surface area contributed by atoms with Crippen molar-refractivity contribution < 1.29 is 9.47 Å². The maximum absolute atomic E-state index is 5.48. The van der Waals surface area contributed by atoms with Gasteiger partial charge in [-0.2, -0.15) is 0 Å². The topological polar surface area (TPSA) is 60.4 Å². The number of ether oxygens (including phenoxy) is 2. The zero-order valence-corrected chi connectivity index (χ0v) is 15.2. The molecule has 2 aliphatic heterocycles. The Bertz CT molecular complexity index is 1010. The SMILES string of the molecule is Cc1ncc2c(n1)CCN(Cc1cccc(-c3ccc4c(c3)OCO4)n1)C2. The van der Waals surface area contributed by atoms with Crippen LogP contribution in [0.5, 0.6) is 11.5 Å². The van der Waals surface area contributed by atoms with Crippen LogP contribution in [0.25, 0.3) is 11.3 Å². The molecule has 0 saturated carbocycles. The van der Waals surface area contributed by atoms with Gasteiger partial charge in [0.25, 0.3) is 0 Å². The minimum atomic E-state index is 0.284. The number of nitrogens with zero attached hydrogens (tertiary/aromatic N) is 4. The molecule has 0 saturated heterocycles. The minimum absolute atomic E-state index is 0.284. The second-order valence-corrected chi connectivity index (χ2v) is 6.93. The van der Waals surface area contributed by atoms with Gasteiger partial charge in [-0.3, -0.25) is 9.88 Å². The fraction of sp³-hybridized carbons (Fsp3) is 0.286. The third kappa shape index (κ3) is 3.24. The van der Waals surface area contributed by atoms with Crippen LogP contribution < -0.4 is 9.47 Å². The highest BCUT2D eigenvalue weighted by atomic mass is 16.7. The summed E-state index contributed by atoms with van der Waals surface area (Å²) >= 11 is 0. The first-order chi connectivity index (χ1) is 13.2. The lowest BCUT2D eigenvalue weighted by Gasteiger charge is -2.27. The van der Waals surface area contributed by atoms with E-state index in [4.69, 9.17) is 14.5 Å². The number of rotatable bonds is 3. The highest BCUT2D eigenvalue weighted by molar-refractivity contribution is 5.64. The van der Waals surface area contributed by atoms with E-state index in [0.717, 1.165) is 60.3 Å². The molecule has 0 bridgehead atoms. The second kappa shape index (κ2) is 6.63. The van der Waals surface area contributed by atoms with Gasteiger partial charge in [-0.1, -0.05) is 6.07 Å². The average molecular weight is 360 g/mol. The molecule has 0 atom stereocenters. The molecule has 1 aromatic carbocycles. The molecule has 2 aromatic heterocycles. The highest BCUT2D eigenvalue weighted by Gasteiger charge is 2.19. The van der Waals surface area contributed by atoms with Crippen molar-refractivity contribution in [3.05, 3.63) is 65.4 Å². The summed E-state index contributed by atoms with van der Waals surface area (Å²) in [6.07, 6.45) is 2.92. The number of hydrogen-bond acceptors (Lipinski definition) is 6. The van der Waals surface area contributed by atoms with E-state index in [-0.39, 0.29) is 6.79 Å². The van der Waals surface area contributed by atoms with Crippen LogP contribution in [0.15, 0.2) is 42.6 Å². The van der Waals surface area contributed by atoms with E-state index in [1.807, 2.05) is 37.4 Å². The maximum atomic E-state index is 5.48. The Balaban J connectivity index is 1.35. The van der Waals surface area contributed by atoms with Crippen LogP contribution in [-0.2, 0) is 19.5 Å². The summed E-state index contributed by atoms with van der Waals surface area (Å²) in [7, 11) is 0. The fourth-order valence-electron chi connectivity index (χ4n) is 3.62. The van der Waals surface area contributed by atoms with Crippen molar-refractivity contribution in [1.29, 1.82) is 0 Å². The summed E-state index contributed by atoms with van der Waals surface area (Å²) in [6.45, 7) is 4.89. The largest absolute Gasteiger partial charge is 0.454 e. The first kappa shape index (κ1) is 16.2. The number of aryl methyl sites for hydroxylation is 1. The molecule has 0 unspecified atom stereocenters. The Morgan fingerprint density at radius 1 is 1.07 bits per heavy atom. The molecule has 5 rings (SSSR count). The molecule has 27 heavy (non-hydrogen) atoms. The van der Waals surface area contributed by atoms with E-state index in [2.05, 4.69) is 27.0 Å². The molecule has 4 heterocycles. The van der Waals surface area contributed by atoms with Gasteiger partial charge in [0.1, 0.15) is 5.82 Å². The normalized spacial score (nSPS) is 15.6. The quantitative estimate of drug-likeness (QED) is 0.715. The Labute approximate surface area is 157 Å². The van der Waals surface area contributed by atoms with Gasteiger partial charge in [0, 0.05) is 49.1 Å². The molecule has 0 radical (unpaired) electrons. The molecule has 2 aliphatic rings. The summed E-state index contributed by atoms with van der Waals surface area (Å²) in [6, 6.07) is 12.1. The smallest absolute Gasteiger partial charge is 0.231 e. The molecule has 6 heteroatoms. The molecule has 6 nitrogen and oxygen atoms in total. The summed E-state index contributed by atoms with van der Waals surface area (Å²) in [5.74, 6) is 2.42. The van der Waals surface area contributed by atoms with Gasteiger partial charge in [0.15, 0.2) is 11.5 Å². The van der Waals surface area contributed by atoms with Gasteiger partial charge in [-0.25, -0.2) is 9.97 Å². The van der Waals surface area contributed by atoms with Gasteiger partial charge >= 0.3 is 0 Å². The van der Waals surface area contributed by atoms with Gasteiger partial charge in [-0.15, -0.1) is 0 Å². The molecule has 3 aromatic rings. The van der Waals surface area contributed by atoms with Crippen molar-refractivity contribution in [3.8, 4) is 22.8 Å². The molecule has 0 spiro atoms. The van der Waals surface area contributed by atoms with Gasteiger partial charge < -0.3 is 9.47 Å².